The summed E-state index contributed by atoms with van der Waals surface area (Å²) in [5.41, 5.74) is 1.49. The summed E-state index contributed by atoms with van der Waals surface area (Å²) in [6, 6.07) is 1.88. The van der Waals surface area contributed by atoms with Gasteiger partial charge in [-0.05, 0) is 12.1 Å². The summed E-state index contributed by atoms with van der Waals surface area (Å²) in [6.07, 6.45) is 6.67. The van der Waals surface area contributed by atoms with Crippen molar-refractivity contribution in [2.45, 2.75) is 0 Å². The van der Waals surface area contributed by atoms with E-state index >= 15 is 0 Å². The molecule has 3 aromatic heterocycles. The van der Waals surface area contributed by atoms with E-state index in [4.69, 9.17) is 4.74 Å². The maximum absolute atomic E-state index is 11.5. The molecule has 3 aromatic rings. The molecule has 26 heavy (non-hydrogen) atoms. The minimum Gasteiger partial charge on any atom is -0.477 e. The molecular weight excluding hydrogens is 334 g/mol. The summed E-state index contributed by atoms with van der Waals surface area (Å²) in [7, 11) is 1.84. The van der Waals surface area contributed by atoms with E-state index in [0.29, 0.717) is 37.2 Å². The van der Waals surface area contributed by atoms with Gasteiger partial charge in [-0.2, -0.15) is 15.1 Å². The van der Waals surface area contributed by atoms with Crippen molar-refractivity contribution in [3.8, 4) is 5.88 Å². The van der Waals surface area contributed by atoms with Gasteiger partial charge in [0.05, 0.1) is 23.9 Å². The molecule has 9 heteroatoms. The van der Waals surface area contributed by atoms with Crippen molar-refractivity contribution < 1.29 is 9.53 Å². The first-order chi connectivity index (χ1) is 12.6. The van der Waals surface area contributed by atoms with Gasteiger partial charge in [-0.15, -0.1) is 0 Å². The molecule has 0 aromatic carbocycles. The van der Waals surface area contributed by atoms with Crippen molar-refractivity contribution in [2.75, 3.05) is 25.0 Å². The monoisotopic (exact) mass is 353 g/mol. The van der Waals surface area contributed by atoms with Crippen LogP contribution in [0.25, 0.3) is 11.0 Å². The zero-order valence-corrected chi connectivity index (χ0v) is 14.3. The summed E-state index contributed by atoms with van der Waals surface area (Å²) >= 11 is 0. The Bertz CT molecular complexity index is 955. The van der Waals surface area contributed by atoms with Crippen LogP contribution < -0.4 is 10.1 Å². The van der Waals surface area contributed by atoms with Gasteiger partial charge in [0, 0.05) is 38.4 Å². The Morgan fingerprint density at radius 3 is 3.08 bits per heavy atom. The van der Waals surface area contributed by atoms with Gasteiger partial charge < -0.3 is 19.9 Å². The first-order valence-electron chi connectivity index (χ1n) is 8.27. The van der Waals surface area contributed by atoms with E-state index in [1.165, 1.54) is 6.08 Å². The van der Waals surface area contributed by atoms with E-state index in [1.54, 1.807) is 22.0 Å². The number of nitrogens with one attached hydrogen (secondary N) is 2. The highest BCUT2D eigenvalue weighted by Gasteiger charge is 2.30. The third-order valence-electron chi connectivity index (χ3n) is 4.24. The number of hydrogen-bond donors (Lipinski definition) is 2. The smallest absolute Gasteiger partial charge is 0.245 e. The third kappa shape index (κ3) is 3.10. The highest BCUT2D eigenvalue weighted by atomic mass is 16.5. The van der Waals surface area contributed by atoms with Gasteiger partial charge in [-0.1, -0.05) is 6.58 Å². The summed E-state index contributed by atoms with van der Waals surface area (Å²) in [5.74, 6) is 1.19. The molecule has 1 saturated heterocycles. The number of aromatic nitrogens is 5. The maximum Gasteiger partial charge on any atom is 0.245 e. The summed E-state index contributed by atoms with van der Waals surface area (Å²) in [5, 5.41) is 8.06. The van der Waals surface area contributed by atoms with Gasteiger partial charge in [0.15, 0.2) is 0 Å². The molecule has 134 valence electrons. The summed E-state index contributed by atoms with van der Waals surface area (Å²) in [6.45, 7) is 5.34. The molecule has 1 aliphatic heterocycles. The van der Waals surface area contributed by atoms with E-state index in [0.717, 1.165) is 11.1 Å². The number of aromatic amines is 1. The number of rotatable bonds is 6. The van der Waals surface area contributed by atoms with Crippen LogP contribution in [0.2, 0.25) is 0 Å². The Balaban J connectivity index is 1.46. The molecule has 2 N–H and O–H groups in total. The molecule has 9 nitrogen and oxygen atoms in total. The van der Waals surface area contributed by atoms with Crippen LogP contribution in [0.3, 0.4) is 0 Å². The number of H-pyrrole nitrogens is 1. The van der Waals surface area contributed by atoms with Crippen molar-refractivity contribution in [1.29, 1.82) is 0 Å². The van der Waals surface area contributed by atoms with Crippen LogP contribution in [0, 0.1) is 5.92 Å². The molecule has 0 atom stereocenters. The van der Waals surface area contributed by atoms with Gasteiger partial charge in [-0.3, -0.25) is 9.48 Å². The lowest BCUT2D eigenvalue weighted by Gasteiger charge is -2.38. The molecule has 1 amide bonds. The quantitative estimate of drug-likeness (QED) is 0.651. The third-order valence-corrected chi connectivity index (χ3v) is 4.24. The van der Waals surface area contributed by atoms with Crippen molar-refractivity contribution in [3.05, 3.63) is 37.3 Å². The van der Waals surface area contributed by atoms with Gasteiger partial charge in [-0.25, -0.2) is 0 Å². The Kier molecular flexibility index (Phi) is 4.04. The number of carbonyl (C=O) groups excluding carboxylic acids is 1. The first-order valence-corrected chi connectivity index (χ1v) is 8.27. The van der Waals surface area contributed by atoms with Crippen LogP contribution in [-0.4, -0.2) is 55.2 Å². The summed E-state index contributed by atoms with van der Waals surface area (Å²) < 4.78 is 7.63. The number of fused-ring (bicyclic) bond motifs is 1. The van der Waals surface area contributed by atoms with Crippen LogP contribution in [0.4, 0.5) is 11.6 Å². The van der Waals surface area contributed by atoms with Gasteiger partial charge in [0.25, 0.3) is 0 Å². The molecule has 0 spiro atoms. The number of nitrogens with zero attached hydrogens (tertiary/aromatic N) is 5. The molecule has 1 fully saturated rings. The van der Waals surface area contributed by atoms with E-state index in [9.17, 15) is 4.79 Å². The minimum atomic E-state index is -0.0423. The van der Waals surface area contributed by atoms with E-state index < -0.39 is 0 Å². The minimum absolute atomic E-state index is 0.0423. The molecule has 1 aliphatic rings. The lowest BCUT2D eigenvalue weighted by Crippen LogP contribution is -2.51. The lowest BCUT2D eigenvalue weighted by atomic mass is 10.0. The standard InChI is InChI=1S/C17H19N7O2/c1-3-14(25)24-7-11(8-24)10-26-16-13-4-5-18-15(13)21-17(22-16)20-12-6-19-23(2)9-12/h3-6,9,11H,1,7-8,10H2,2H3,(H2,18,20,21,22). The zero-order chi connectivity index (χ0) is 18.1. The van der Waals surface area contributed by atoms with Gasteiger partial charge in [0.1, 0.15) is 5.65 Å². The second-order valence-electron chi connectivity index (χ2n) is 6.24. The Hall–Kier alpha value is -3.36. The van der Waals surface area contributed by atoms with Crippen molar-refractivity contribution in [3.63, 3.8) is 0 Å². The molecule has 0 unspecified atom stereocenters. The fourth-order valence-corrected chi connectivity index (χ4v) is 2.87. The number of amides is 1. The van der Waals surface area contributed by atoms with Crippen molar-refractivity contribution >= 4 is 28.6 Å². The predicted octanol–water partition coefficient (Wildman–Crippen LogP) is 1.46. The molecule has 0 radical (unpaired) electrons. The summed E-state index contributed by atoms with van der Waals surface area (Å²) in [4.78, 5) is 25.2. The number of hydrogen-bond acceptors (Lipinski definition) is 6. The van der Waals surface area contributed by atoms with E-state index in [-0.39, 0.29) is 11.8 Å². The molecule has 0 saturated carbocycles. The molecule has 4 heterocycles. The fourth-order valence-electron chi connectivity index (χ4n) is 2.87. The molecule has 0 bridgehead atoms. The first kappa shape index (κ1) is 16.1. The SMILES string of the molecule is C=CC(=O)N1CC(COc2nc(Nc3cnn(C)c3)nc3[nH]ccc23)C1. The van der Waals surface area contributed by atoms with Crippen LogP contribution in [0.5, 0.6) is 5.88 Å². The number of likely N-dealkylation sites (tertiary alicyclic amines) is 1. The van der Waals surface area contributed by atoms with Crippen LogP contribution in [-0.2, 0) is 11.8 Å². The normalized spacial score (nSPS) is 14.3. The number of aryl methyl sites for hydroxylation is 1. The lowest BCUT2D eigenvalue weighted by molar-refractivity contribution is -0.132. The van der Waals surface area contributed by atoms with Crippen LogP contribution in [0.15, 0.2) is 37.3 Å². The maximum atomic E-state index is 11.5. The van der Waals surface area contributed by atoms with Gasteiger partial charge in [0.2, 0.25) is 17.7 Å². The van der Waals surface area contributed by atoms with Crippen LogP contribution in [0.1, 0.15) is 0 Å². The van der Waals surface area contributed by atoms with Crippen LogP contribution >= 0.6 is 0 Å². The molecule has 4 rings (SSSR count). The molecule has 0 aliphatic carbocycles. The Morgan fingerprint density at radius 2 is 2.35 bits per heavy atom. The van der Waals surface area contributed by atoms with E-state index in [1.807, 2.05) is 19.3 Å². The predicted molar refractivity (Wildman–Crippen MR) is 96.1 cm³/mol. The highest BCUT2D eigenvalue weighted by molar-refractivity contribution is 5.87. The highest BCUT2D eigenvalue weighted by Crippen LogP contribution is 2.26. The van der Waals surface area contributed by atoms with Crippen molar-refractivity contribution in [2.24, 2.45) is 13.0 Å². The van der Waals surface area contributed by atoms with Crippen molar-refractivity contribution in [1.82, 2.24) is 29.6 Å². The average molecular weight is 353 g/mol. The number of anilines is 2. The number of carbonyl (C=O) groups is 1. The second-order valence-corrected chi connectivity index (χ2v) is 6.24. The zero-order valence-electron chi connectivity index (χ0n) is 14.3. The number of ether oxygens (including phenoxy) is 1. The van der Waals surface area contributed by atoms with Gasteiger partial charge >= 0.3 is 0 Å². The largest absolute Gasteiger partial charge is 0.477 e. The fraction of sp³-hybridized carbons (Fsp3) is 0.294. The topological polar surface area (TPSA) is 101 Å². The Morgan fingerprint density at radius 1 is 1.50 bits per heavy atom. The molecular formula is C17H19N7O2. The Labute approximate surface area is 149 Å². The second kappa shape index (κ2) is 6.51. The average Bonchev–Trinajstić information content (AvgIpc) is 3.21. The van der Waals surface area contributed by atoms with E-state index in [2.05, 4.69) is 31.9 Å².